The summed E-state index contributed by atoms with van der Waals surface area (Å²) < 4.78 is 6.32. The molecule has 0 atom stereocenters. The molecular weight excluding hydrogens is 350 g/mol. The van der Waals surface area contributed by atoms with Crippen LogP contribution >= 0.6 is 0 Å². The summed E-state index contributed by atoms with van der Waals surface area (Å²) in [6.45, 7) is 12.2. The van der Waals surface area contributed by atoms with E-state index in [1.807, 2.05) is 32.0 Å². The number of carbonyl (C=O) groups is 1. The van der Waals surface area contributed by atoms with Crippen LogP contribution in [0.1, 0.15) is 54.9 Å². The Morgan fingerprint density at radius 3 is 2.36 bits per heavy atom. The quantitative estimate of drug-likeness (QED) is 0.867. The van der Waals surface area contributed by atoms with Crippen LogP contribution in [0.3, 0.4) is 0 Å². The Kier molecular flexibility index (Phi) is 4.93. The Balaban J connectivity index is 1.76. The molecule has 1 aromatic heterocycles. The highest BCUT2D eigenvalue weighted by Gasteiger charge is 2.64. The molecule has 146 valence electrons. The normalized spacial score (nSPS) is 21.9. The predicted octanol–water partition coefficient (Wildman–Crippen LogP) is 4.18. The SMILES string of the molecule is Cc1ccc(C(=O)N[C@H]2C(C)(C)[C@H](Oc3ccc(C#N)c(C)c3)C2(C)C)cn1. The van der Waals surface area contributed by atoms with Crippen LogP contribution in [0.15, 0.2) is 36.5 Å². The van der Waals surface area contributed by atoms with Crippen molar-refractivity contribution in [2.24, 2.45) is 10.8 Å². The van der Waals surface area contributed by atoms with Crippen molar-refractivity contribution in [3.8, 4) is 11.8 Å². The van der Waals surface area contributed by atoms with E-state index in [1.165, 1.54) is 0 Å². The van der Waals surface area contributed by atoms with E-state index in [4.69, 9.17) is 10.00 Å². The first-order chi connectivity index (χ1) is 13.1. The lowest BCUT2D eigenvalue weighted by Crippen LogP contribution is -2.74. The lowest BCUT2D eigenvalue weighted by Gasteiger charge is -2.63. The standard InChI is InChI=1S/C23H27N3O2/c1-14-11-18(10-9-16(14)12-24)28-21-22(3,4)20(23(21,5)6)26-19(27)17-8-7-15(2)25-13-17/h7-11,13,20-21H,1-6H3,(H,26,27)/t20-,21-. The maximum atomic E-state index is 12.7. The summed E-state index contributed by atoms with van der Waals surface area (Å²) in [4.78, 5) is 16.9. The van der Waals surface area contributed by atoms with E-state index in [2.05, 4.69) is 44.1 Å². The zero-order valence-corrected chi connectivity index (χ0v) is 17.3. The van der Waals surface area contributed by atoms with Crippen molar-refractivity contribution in [1.82, 2.24) is 10.3 Å². The number of amides is 1. The van der Waals surface area contributed by atoms with Crippen LogP contribution in [0.25, 0.3) is 0 Å². The van der Waals surface area contributed by atoms with Crippen molar-refractivity contribution >= 4 is 5.91 Å². The maximum Gasteiger partial charge on any atom is 0.253 e. The van der Waals surface area contributed by atoms with Gasteiger partial charge in [0.15, 0.2) is 0 Å². The first kappa shape index (κ1) is 19.9. The molecule has 0 saturated heterocycles. The molecule has 0 bridgehead atoms. The molecular formula is C23H27N3O2. The van der Waals surface area contributed by atoms with Gasteiger partial charge in [0.05, 0.1) is 17.2 Å². The predicted molar refractivity (Wildman–Crippen MR) is 108 cm³/mol. The van der Waals surface area contributed by atoms with Crippen LogP contribution in [0, 0.1) is 36.0 Å². The van der Waals surface area contributed by atoms with Crippen LogP contribution in [0.2, 0.25) is 0 Å². The van der Waals surface area contributed by atoms with E-state index in [-0.39, 0.29) is 28.9 Å². The molecule has 0 aliphatic heterocycles. The molecule has 1 aliphatic rings. The molecule has 0 radical (unpaired) electrons. The second-order valence-corrected chi connectivity index (χ2v) is 8.82. The molecule has 28 heavy (non-hydrogen) atoms. The molecule has 1 N–H and O–H groups in total. The van der Waals surface area contributed by atoms with Gasteiger partial charge in [0.2, 0.25) is 0 Å². The zero-order valence-electron chi connectivity index (χ0n) is 17.3. The molecule has 1 aromatic carbocycles. The van der Waals surface area contributed by atoms with Crippen LogP contribution in [0.4, 0.5) is 0 Å². The minimum Gasteiger partial charge on any atom is -0.489 e. The topological polar surface area (TPSA) is 75.0 Å². The van der Waals surface area contributed by atoms with E-state index in [0.29, 0.717) is 11.1 Å². The van der Waals surface area contributed by atoms with Crippen molar-refractivity contribution in [1.29, 1.82) is 5.26 Å². The number of ether oxygens (including phenoxy) is 1. The summed E-state index contributed by atoms with van der Waals surface area (Å²) in [7, 11) is 0. The number of nitrogens with zero attached hydrogens (tertiary/aromatic N) is 2. The summed E-state index contributed by atoms with van der Waals surface area (Å²) >= 11 is 0. The number of carbonyl (C=O) groups excluding carboxylic acids is 1. The van der Waals surface area contributed by atoms with E-state index in [9.17, 15) is 4.79 Å². The summed E-state index contributed by atoms with van der Waals surface area (Å²) in [5.41, 5.74) is 2.48. The van der Waals surface area contributed by atoms with Gasteiger partial charge in [-0.15, -0.1) is 0 Å². The number of benzene rings is 1. The van der Waals surface area contributed by atoms with E-state index >= 15 is 0 Å². The van der Waals surface area contributed by atoms with Gasteiger partial charge in [-0.25, -0.2) is 0 Å². The molecule has 2 aromatic rings. The number of rotatable bonds is 4. The van der Waals surface area contributed by atoms with E-state index in [0.717, 1.165) is 17.0 Å². The number of nitriles is 1. The Morgan fingerprint density at radius 2 is 1.82 bits per heavy atom. The minimum atomic E-state index is -0.251. The van der Waals surface area contributed by atoms with Crippen molar-refractivity contribution in [3.05, 3.63) is 58.9 Å². The van der Waals surface area contributed by atoms with Crippen molar-refractivity contribution in [3.63, 3.8) is 0 Å². The molecule has 0 unspecified atom stereocenters. The zero-order chi connectivity index (χ0) is 20.7. The first-order valence-corrected chi connectivity index (χ1v) is 9.48. The Labute approximate surface area is 166 Å². The summed E-state index contributed by atoms with van der Waals surface area (Å²) in [6.07, 6.45) is 1.53. The number of nitrogens with one attached hydrogen (secondary N) is 1. The third-order valence-corrected chi connectivity index (χ3v) is 5.86. The summed E-state index contributed by atoms with van der Waals surface area (Å²) in [5, 5.41) is 12.3. The summed E-state index contributed by atoms with van der Waals surface area (Å²) in [6, 6.07) is 11.3. The molecule has 5 heteroatoms. The number of aryl methyl sites for hydroxylation is 2. The first-order valence-electron chi connectivity index (χ1n) is 9.48. The fraction of sp³-hybridized carbons (Fsp3) is 0.435. The van der Waals surface area contributed by atoms with Gasteiger partial charge in [-0.3, -0.25) is 9.78 Å². The molecule has 1 amide bonds. The smallest absolute Gasteiger partial charge is 0.253 e. The molecule has 3 rings (SSSR count). The molecule has 1 heterocycles. The van der Waals surface area contributed by atoms with Gasteiger partial charge in [0, 0.05) is 28.8 Å². The third kappa shape index (κ3) is 3.35. The number of pyridine rings is 1. The van der Waals surface area contributed by atoms with Crippen molar-refractivity contribution in [2.45, 2.75) is 53.7 Å². The molecule has 1 fully saturated rings. The molecule has 1 saturated carbocycles. The third-order valence-electron chi connectivity index (χ3n) is 5.86. The van der Waals surface area contributed by atoms with Gasteiger partial charge in [0.1, 0.15) is 11.9 Å². The Morgan fingerprint density at radius 1 is 1.14 bits per heavy atom. The molecule has 1 aliphatic carbocycles. The lowest BCUT2D eigenvalue weighted by atomic mass is 9.49. The average Bonchev–Trinajstić information content (AvgIpc) is 2.64. The van der Waals surface area contributed by atoms with Gasteiger partial charge in [-0.2, -0.15) is 5.26 Å². The largest absolute Gasteiger partial charge is 0.489 e. The van der Waals surface area contributed by atoms with Crippen LogP contribution in [-0.2, 0) is 0 Å². The second kappa shape index (κ2) is 6.94. The van der Waals surface area contributed by atoms with Crippen LogP contribution < -0.4 is 10.1 Å². The summed E-state index contributed by atoms with van der Waals surface area (Å²) in [5.74, 6) is 0.626. The number of hydrogen-bond acceptors (Lipinski definition) is 4. The van der Waals surface area contributed by atoms with Crippen LogP contribution in [-0.4, -0.2) is 23.0 Å². The monoisotopic (exact) mass is 377 g/mol. The van der Waals surface area contributed by atoms with Crippen molar-refractivity contribution in [2.75, 3.05) is 0 Å². The molecule has 0 spiro atoms. The van der Waals surface area contributed by atoms with Crippen LogP contribution in [0.5, 0.6) is 5.75 Å². The minimum absolute atomic E-state index is 0.0433. The maximum absolute atomic E-state index is 12.7. The van der Waals surface area contributed by atoms with Gasteiger partial charge in [-0.05, 0) is 49.7 Å². The lowest BCUT2D eigenvalue weighted by molar-refractivity contribution is -0.164. The van der Waals surface area contributed by atoms with E-state index in [1.54, 1.807) is 18.3 Å². The van der Waals surface area contributed by atoms with Gasteiger partial charge in [-0.1, -0.05) is 27.7 Å². The second-order valence-electron chi connectivity index (χ2n) is 8.82. The fourth-order valence-electron chi connectivity index (χ4n) is 4.59. The molecule has 5 nitrogen and oxygen atoms in total. The van der Waals surface area contributed by atoms with Crippen molar-refractivity contribution < 1.29 is 9.53 Å². The van der Waals surface area contributed by atoms with E-state index < -0.39 is 0 Å². The van der Waals surface area contributed by atoms with Gasteiger partial charge >= 0.3 is 0 Å². The van der Waals surface area contributed by atoms with Gasteiger partial charge < -0.3 is 10.1 Å². The highest BCUT2D eigenvalue weighted by molar-refractivity contribution is 5.94. The van der Waals surface area contributed by atoms with Gasteiger partial charge in [0.25, 0.3) is 5.91 Å². The highest BCUT2D eigenvalue weighted by atomic mass is 16.5. The fourth-order valence-corrected chi connectivity index (χ4v) is 4.59. The number of aromatic nitrogens is 1. The average molecular weight is 377 g/mol. The highest BCUT2D eigenvalue weighted by Crippen LogP contribution is 2.55. The Hall–Kier alpha value is -2.87. The Bertz CT molecular complexity index is 923. The number of hydrogen-bond donors (Lipinski definition) is 1.